The van der Waals surface area contributed by atoms with E-state index in [1.807, 2.05) is 17.5 Å². The second-order valence-corrected chi connectivity index (χ2v) is 5.53. The Kier molecular flexibility index (Phi) is 4.93. The van der Waals surface area contributed by atoms with Gasteiger partial charge in [0.1, 0.15) is 0 Å². The molecule has 104 valence electrons. The fourth-order valence-corrected chi connectivity index (χ4v) is 2.95. The maximum absolute atomic E-state index is 12.2. The summed E-state index contributed by atoms with van der Waals surface area (Å²) in [6.45, 7) is 1.39. The van der Waals surface area contributed by atoms with Gasteiger partial charge in [-0.15, -0.1) is 11.3 Å². The molecular formula is C13H18N2O3S. The highest BCUT2D eigenvalue weighted by Gasteiger charge is 2.28. The molecular weight excluding hydrogens is 264 g/mol. The molecule has 1 aliphatic rings. The van der Waals surface area contributed by atoms with Crippen LogP contribution in [0.2, 0.25) is 0 Å². The van der Waals surface area contributed by atoms with Gasteiger partial charge in [-0.1, -0.05) is 6.07 Å². The van der Waals surface area contributed by atoms with E-state index in [0.717, 1.165) is 17.7 Å². The molecule has 1 aromatic heterocycles. The first kappa shape index (κ1) is 14.0. The number of aliphatic hydroxyl groups excluding tert-OH is 1. The van der Waals surface area contributed by atoms with Gasteiger partial charge in [0.2, 0.25) is 5.91 Å². The molecule has 5 nitrogen and oxygen atoms in total. The Bertz CT molecular complexity index is 433. The summed E-state index contributed by atoms with van der Waals surface area (Å²) in [6.07, 6.45) is 1.64. The molecule has 1 aromatic rings. The van der Waals surface area contributed by atoms with Crippen LogP contribution in [0.3, 0.4) is 0 Å². The maximum Gasteiger partial charge on any atom is 0.263 e. The highest BCUT2D eigenvalue weighted by Crippen LogP contribution is 2.20. The fraction of sp³-hybridized carbons (Fsp3) is 0.538. The molecule has 1 aliphatic heterocycles. The van der Waals surface area contributed by atoms with Gasteiger partial charge in [-0.3, -0.25) is 9.59 Å². The van der Waals surface area contributed by atoms with Crippen LogP contribution in [0.1, 0.15) is 22.5 Å². The van der Waals surface area contributed by atoms with Gasteiger partial charge in [0.05, 0.1) is 17.4 Å². The van der Waals surface area contributed by atoms with Crippen molar-refractivity contribution in [3.8, 4) is 0 Å². The Labute approximate surface area is 116 Å². The van der Waals surface area contributed by atoms with Crippen LogP contribution >= 0.6 is 11.3 Å². The summed E-state index contributed by atoms with van der Waals surface area (Å²) >= 11 is 1.42. The minimum atomic E-state index is -0.163. The van der Waals surface area contributed by atoms with Crippen LogP contribution in [0.4, 0.5) is 0 Å². The molecule has 0 radical (unpaired) electrons. The molecule has 1 saturated heterocycles. The van der Waals surface area contributed by atoms with E-state index in [1.165, 1.54) is 11.3 Å². The largest absolute Gasteiger partial charge is 0.395 e. The second kappa shape index (κ2) is 6.68. The lowest BCUT2D eigenvalue weighted by Gasteiger charge is -2.31. The van der Waals surface area contributed by atoms with Crippen molar-refractivity contribution in [1.29, 1.82) is 0 Å². The lowest BCUT2D eigenvalue weighted by atomic mass is 9.97. The molecule has 0 aromatic carbocycles. The predicted octanol–water partition coefficient (Wildman–Crippen LogP) is 0.709. The van der Waals surface area contributed by atoms with E-state index < -0.39 is 0 Å². The van der Waals surface area contributed by atoms with Crippen LogP contribution in [-0.2, 0) is 4.79 Å². The van der Waals surface area contributed by atoms with Gasteiger partial charge in [0, 0.05) is 19.6 Å². The molecule has 0 saturated carbocycles. The van der Waals surface area contributed by atoms with E-state index in [1.54, 1.807) is 4.90 Å². The van der Waals surface area contributed by atoms with Crippen LogP contribution < -0.4 is 5.32 Å². The van der Waals surface area contributed by atoms with Gasteiger partial charge in [0.15, 0.2) is 0 Å². The smallest absolute Gasteiger partial charge is 0.263 e. The van der Waals surface area contributed by atoms with Crippen molar-refractivity contribution in [2.45, 2.75) is 12.8 Å². The summed E-state index contributed by atoms with van der Waals surface area (Å²) in [6, 6.07) is 3.66. The van der Waals surface area contributed by atoms with Crippen LogP contribution in [0.15, 0.2) is 17.5 Å². The molecule has 2 N–H and O–H groups in total. The number of piperidine rings is 1. The molecule has 2 amide bonds. The van der Waals surface area contributed by atoms with E-state index in [4.69, 9.17) is 5.11 Å². The molecule has 19 heavy (non-hydrogen) atoms. The zero-order valence-corrected chi connectivity index (χ0v) is 11.5. The summed E-state index contributed by atoms with van der Waals surface area (Å²) < 4.78 is 0. The Balaban J connectivity index is 1.93. The third-order valence-corrected chi connectivity index (χ3v) is 4.08. The summed E-state index contributed by atoms with van der Waals surface area (Å²) in [5, 5.41) is 13.3. The Morgan fingerprint density at radius 1 is 1.53 bits per heavy atom. The fourth-order valence-electron chi connectivity index (χ4n) is 2.26. The number of thiophene rings is 1. The molecule has 0 bridgehead atoms. The average molecular weight is 282 g/mol. The number of nitrogens with zero attached hydrogens (tertiary/aromatic N) is 1. The second-order valence-electron chi connectivity index (χ2n) is 4.58. The molecule has 1 atom stereocenters. The van der Waals surface area contributed by atoms with E-state index in [0.29, 0.717) is 13.1 Å². The number of nitrogens with one attached hydrogen (secondary N) is 1. The SMILES string of the molecule is O=C(NCCO)C1CCCN(C(=O)c2cccs2)C1. The number of carbonyl (C=O) groups is 2. The van der Waals surface area contributed by atoms with Gasteiger partial charge in [-0.2, -0.15) is 0 Å². The minimum absolute atomic E-state index is 0.00894. The zero-order valence-electron chi connectivity index (χ0n) is 10.7. The van der Waals surface area contributed by atoms with E-state index >= 15 is 0 Å². The van der Waals surface area contributed by atoms with E-state index in [2.05, 4.69) is 5.32 Å². The van der Waals surface area contributed by atoms with Crippen molar-refractivity contribution in [1.82, 2.24) is 10.2 Å². The first-order valence-corrected chi connectivity index (χ1v) is 7.31. The average Bonchev–Trinajstić information content (AvgIpc) is 2.98. The maximum atomic E-state index is 12.2. The molecule has 2 rings (SSSR count). The Morgan fingerprint density at radius 2 is 2.37 bits per heavy atom. The van der Waals surface area contributed by atoms with E-state index in [9.17, 15) is 9.59 Å². The number of aliphatic hydroxyl groups is 1. The first-order valence-electron chi connectivity index (χ1n) is 6.43. The number of hydrogen-bond acceptors (Lipinski definition) is 4. The molecule has 6 heteroatoms. The van der Waals surface area contributed by atoms with Crippen molar-refractivity contribution in [2.24, 2.45) is 5.92 Å². The van der Waals surface area contributed by atoms with Crippen molar-refractivity contribution < 1.29 is 14.7 Å². The Morgan fingerprint density at radius 3 is 3.05 bits per heavy atom. The molecule has 0 spiro atoms. The summed E-state index contributed by atoms with van der Waals surface area (Å²) in [7, 11) is 0. The monoisotopic (exact) mass is 282 g/mol. The van der Waals surface area contributed by atoms with Gasteiger partial charge < -0.3 is 15.3 Å². The predicted molar refractivity (Wildman–Crippen MR) is 73.0 cm³/mol. The summed E-state index contributed by atoms with van der Waals surface area (Å²) in [5.41, 5.74) is 0. The van der Waals surface area contributed by atoms with Gasteiger partial charge in [0.25, 0.3) is 5.91 Å². The highest BCUT2D eigenvalue weighted by molar-refractivity contribution is 7.12. The van der Waals surface area contributed by atoms with Gasteiger partial charge >= 0.3 is 0 Å². The Hall–Kier alpha value is -1.40. The minimum Gasteiger partial charge on any atom is -0.395 e. The zero-order chi connectivity index (χ0) is 13.7. The molecule has 0 aliphatic carbocycles. The topological polar surface area (TPSA) is 69.6 Å². The number of rotatable bonds is 4. The van der Waals surface area contributed by atoms with E-state index in [-0.39, 0.29) is 30.9 Å². The lowest BCUT2D eigenvalue weighted by Crippen LogP contribution is -2.45. The van der Waals surface area contributed by atoms with Crippen molar-refractivity contribution in [3.63, 3.8) is 0 Å². The normalized spacial score (nSPS) is 19.2. The highest BCUT2D eigenvalue weighted by atomic mass is 32.1. The standard InChI is InChI=1S/C13H18N2O3S/c16-7-5-14-12(17)10-3-1-6-15(9-10)13(18)11-4-2-8-19-11/h2,4,8,10,16H,1,3,5-7,9H2,(H,14,17). The van der Waals surface area contributed by atoms with Gasteiger partial charge in [-0.25, -0.2) is 0 Å². The van der Waals surface area contributed by atoms with Crippen LogP contribution in [0.25, 0.3) is 0 Å². The number of carbonyl (C=O) groups excluding carboxylic acids is 2. The van der Waals surface area contributed by atoms with Crippen molar-refractivity contribution >= 4 is 23.2 Å². The molecule has 1 fully saturated rings. The number of amides is 2. The van der Waals surface area contributed by atoms with Crippen LogP contribution in [0.5, 0.6) is 0 Å². The van der Waals surface area contributed by atoms with Crippen LogP contribution in [0, 0.1) is 5.92 Å². The third-order valence-electron chi connectivity index (χ3n) is 3.22. The summed E-state index contributed by atoms with van der Waals surface area (Å²) in [4.78, 5) is 26.5. The van der Waals surface area contributed by atoms with Crippen molar-refractivity contribution in [2.75, 3.05) is 26.2 Å². The summed E-state index contributed by atoms with van der Waals surface area (Å²) in [5.74, 6) is -0.225. The van der Waals surface area contributed by atoms with Gasteiger partial charge in [-0.05, 0) is 24.3 Å². The lowest BCUT2D eigenvalue weighted by molar-refractivity contribution is -0.126. The number of hydrogen-bond donors (Lipinski definition) is 2. The molecule has 1 unspecified atom stereocenters. The third kappa shape index (κ3) is 3.54. The molecule has 2 heterocycles. The number of likely N-dealkylation sites (tertiary alicyclic amines) is 1. The van der Waals surface area contributed by atoms with Crippen molar-refractivity contribution in [3.05, 3.63) is 22.4 Å². The quantitative estimate of drug-likeness (QED) is 0.854. The van der Waals surface area contributed by atoms with Crippen LogP contribution in [-0.4, -0.2) is 48.1 Å². The first-order chi connectivity index (χ1) is 9.22.